The summed E-state index contributed by atoms with van der Waals surface area (Å²) in [6.07, 6.45) is 68.5. The van der Waals surface area contributed by atoms with Crippen LogP contribution in [0, 0.1) is 0 Å². The molecular formula is C62H114O6. The van der Waals surface area contributed by atoms with Crippen molar-refractivity contribution in [1.29, 1.82) is 0 Å². The van der Waals surface area contributed by atoms with Crippen molar-refractivity contribution in [3.05, 3.63) is 36.5 Å². The number of esters is 3. The lowest BCUT2D eigenvalue weighted by molar-refractivity contribution is -0.167. The van der Waals surface area contributed by atoms with Crippen LogP contribution in [0.5, 0.6) is 0 Å². The molecule has 0 aliphatic heterocycles. The van der Waals surface area contributed by atoms with Gasteiger partial charge in [-0.25, -0.2) is 0 Å². The van der Waals surface area contributed by atoms with Crippen LogP contribution >= 0.6 is 0 Å². The predicted molar refractivity (Wildman–Crippen MR) is 293 cm³/mol. The summed E-state index contributed by atoms with van der Waals surface area (Å²) < 4.78 is 16.9. The van der Waals surface area contributed by atoms with E-state index in [0.29, 0.717) is 19.3 Å². The van der Waals surface area contributed by atoms with Crippen molar-refractivity contribution < 1.29 is 28.6 Å². The fourth-order valence-corrected chi connectivity index (χ4v) is 8.86. The second-order valence-electron chi connectivity index (χ2n) is 20.3. The van der Waals surface area contributed by atoms with Gasteiger partial charge in [0.15, 0.2) is 6.10 Å². The van der Waals surface area contributed by atoms with Gasteiger partial charge in [-0.05, 0) is 57.8 Å². The van der Waals surface area contributed by atoms with Crippen molar-refractivity contribution in [3.63, 3.8) is 0 Å². The van der Waals surface area contributed by atoms with Crippen LogP contribution in [0.15, 0.2) is 36.5 Å². The molecule has 0 saturated heterocycles. The number of rotatable bonds is 55. The molecule has 0 aromatic rings. The number of unbranched alkanes of at least 4 members (excludes halogenated alkanes) is 38. The van der Waals surface area contributed by atoms with Crippen LogP contribution < -0.4 is 0 Å². The van der Waals surface area contributed by atoms with Crippen LogP contribution in [-0.4, -0.2) is 37.2 Å². The third-order valence-electron chi connectivity index (χ3n) is 13.4. The molecule has 0 heterocycles. The van der Waals surface area contributed by atoms with E-state index in [9.17, 15) is 14.4 Å². The summed E-state index contributed by atoms with van der Waals surface area (Å²) in [5.41, 5.74) is 0. The van der Waals surface area contributed by atoms with Gasteiger partial charge >= 0.3 is 17.9 Å². The Morgan fingerprint density at radius 1 is 0.294 bits per heavy atom. The molecular weight excluding hydrogens is 841 g/mol. The molecule has 1 atom stereocenters. The van der Waals surface area contributed by atoms with Gasteiger partial charge in [0.2, 0.25) is 0 Å². The third kappa shape index (κ3) is 54.6. The highest BCUT2D eigenvalue weighted by atomic mass is 16.6. The SMILES string of the molecule is CCCCC/C=C\C/C=C\C/C=C\CCCCCCCCC(=O)OC[C@@H](COC(=O)CCCCCCCCCCCCCC)OC(=O)CCCCCCCCCCCCCCCCCCCCC. The summed E-state index contributed by atoms with van der Waals surface area (Å²) >= 11 is 0. The van der Waals surface area contributed by atoms with Gasteiger partial charge in [0.1, 0.15) is 13.2 Å². The van der Waals surface area contributed by atoms with Crippen molar-refractivity contribution in [3.8, 4) is 0 Å². The first-order chi connectivity index (χ1) is 33.5. The highest BCUT2D eigenvalue weighted by molar-refractivity contribution is 5.71. The zero-order valence-electron chi connectivity index (χ0n) is 45.6. The highest BCUT2D eigenvalue weighted by Gasteiger charge is 2.19. The van der Waals surface area contributed by atoms with Gasteiger partial charge < -0.3 is 14.2 Å². The van der Waals surface area contributed by atoms with Crippen molar-refractivity contribution in [2.24, 2.45) is 0 Å². The first kappa shape index (κ1) is 65.6. The number of hydrogen-bond donors (Lipinski definition) is 0. The molecule has 68 heavy (non-hydrogen) atoms. The summed E-state index contributed by atoms with van der Waals surface area (Å²) in [5, 5.41) is 0. The molecule has 0 unspecified atom stereocenters. The van der Waals surface area contributed by atoms with Crippen LogP contribution in [0.1, 0.15) is 323 Å². The number of carbonyl (C=O) groups excluding carboxylic acids is 3. The molecule has 0 amide bonds. The van der Waals surface area contributed by atoms with Crippen molar-refractivity contribution >= 4 is 17.9 Å². The van der Waals surface area contributed by atoms with E-state index < -0.39 is 6.10 Å². The third-order valence-corrected chi connectivity index (χ3v) is 13.4. The number of ether oxygens (including phenoxy) is 3. The number of carbonyl (C=O) groups is 3. The van der Waals surface area contributed by atoms with Crippen molar-refractivity contribution in [1.82, 2.24) is 0 Å². The summed E-state index contributed by atoms with van der Waals surface area (Å²) in [6, 6.07) is 0. The van der Waals surface area contributed by atoms with Gasteiger partial charge in [0, 0.05) is 19.3 Å². The Bertz CT molecular complexity index is 1140. The maximum absolute atomic E-state index is 12.9. The summed E-state index contributed by atoms with van der Waals surface area (Å²) in [7, 11) is 0. The second-order valence-corrected chi connectivity index (χ2v) is 20.3. The lowest BCUT2D eigenvalue weighted by Crippen LogP contribution is -2.30. The van der Waals surface area contributed by atoms with E-state index in [1.807, 2.05) is 0 Å². The average molecular weight is 956 g/mol. The Morgan fingerprint density at radius 2 is 0.529 bits per heavy atom. The topological polar surface area (TPSA) is 78.9 Å². The zero-order chi connectivity index (χ0) is 49.3. The molecule has 6 heteroatoms. The minimum Gasteiger partial charge on any atom is -0.462 e. The maximum Gasteiger partial charge on any atom is 0.306 e. The minimum atomic E-state index is -0.773. The smallest absolute Gasteiger partial charge is 0.306 e. The van der Waals surface area contributed by atoms with Crippen LogP contribution in [0.4, 0.5) is 0 Å². The van der Waals surface area contributed by atoms with E-state index in [1.165, 1.54) is 205 Å². The first-order valence-electron chi connectivity index (χ1n) is 30.0. The van der Waals surface area contributed by atoms with Crippen molar-refractivity contribution in [2.75, 3.05) is 13.2 Å². The lowest BCUT2D eigenvalue weighted by atomic mass is 10.0. The summed E-state index contributed by atoms with van der Waals surface area (Å²) in [6.45, 7) is 6.65. The monoisotopic (exact) mass is 955 g/mol. The Hall–Kier alpha value is -2.37. The van der Waals surface area contributed by atoms with Gasteiger partial charge in [0.25, 0.3) is 0 Å². The van der Waals surface area contributed by atoms with Gasteiger partial charge in [-0.2, -0.15) is 0 Å². The Morgan fingerprint density at radius 3 is 0.853 bits per heavy atom. The largest absolute Gasteiger partial charge is 0.462 e. The number of hydrogen-bond acceptors (Lipinski definition) is 6. The Kier molecular flexibility index (Phi) is 55.2. The van der Waals surface area contributed by atoms with Gasteiger partial charge in [-0.15, -0.1) is 0 Å². The van der Waals surface area contributed by atoms with Crippen LogP contribution in [0.25, 0.3) is 0 Å². The van der Waals surface area contributed by atoms with E-state index in [1.54, 1.807) is 0 Å². The van der Waals surface area contributed by atoms with Gasteiger partial charge in [-0.3, -0.25) is 14.4 Å². The molecule has 398 valence electrons. The Labute approximate surface area is 423 Å². The van der Waals surface area contributed by atoms with E-state index in [2.05, 4.69) is 57.2 Å². The fourth-order valence-electron chi connectivity index (χ4n) is 8.86. The predicted octanol–water partition coefficient (Wildman–Crippen LogP) is 20.0. The number of allylic oxidation sites excluding steroid dienone is 6. The van der Waals surface area contributed by atoms with E-state index in [0.717, 1.165) is 77.0 Å². The molecule has 0 fully saturated rings. The summed E-state index contributed by atoms with van der Waals surface area (Å²) in [4.78, 5) is 38.2. The molecule has 0 bridgehead atoms. The molecule has 0 aliphatic carbocycles. The average Bonchev–Trinajstić information content (AvgIpc) is 3.34. The molecule has 0 saturated carbocycles. The van der Waals surface area contributed by atoms with Crippen LogP contribution in [0.2, 0.25) is 0 Å². The molecule has 0 N–H and O–H groups in total. The standard InChI is InChI=1S/C62H114O6/c1-4-7-10-13-16-19-22-25-27-29-31-33-35-37-40-43-46-49-52-55-61(64)67-58-59(57-66-60(63)54-51-48-45-42-39-24-21-18-15-12-9-6-3)68-62(65)56-53-50-47-44-41-38-36-34-32-30-28-26-23-20-17-14-11-8-5-2/h16,19,25,27,31,33,59H,4-15,17-18,20-24,26,28-30,32,34-58H2,1-3H3/b19-16-,27-25-,33-31-/t59-/m1/s1. The van der Waals surface area contributed by atoms with Crippen molar-refractivity contribution in [2.45, 2.75) is 329 Å². The molecule has 0 rings (SSSR count). The normalized spacial score (nSPS) is 12.2. The van der Waals surface area contributed by atoms with E-state index in [-0.39, 0.29) is 31.1 Å². The zero-order valence-corrected chi connectivity index (χ0v) is 45.6. The molecule has 0 aromatic heterocycles. The lowest BCUT2D eigenvalue weighted by Gasteiger charge is -2.18. The molecule has 6 nitrogen and oxygen atoms in total. The van der Waals surface area contributed by atoms with Crippen LogP contribution in [-0.2, 0) is 28.6 Å². The van der Waals surface area contributed by atoms with Gasteiger partial charge in [0.05, 0.1) is 0 Å². The van der Waals surface area contributed by atoms with Crippen LogP contribution in [0.3, 0.4) is 0 Å². The van der Waals surface area contributed by atoms with Gasteiger partial charge in [-0.1, -0.05) is 282 Å². The Balaban J connectivity index is 4.32. The summed E-state index contributed by atoms with van der Waals surface area (Å²) in [5.74, 6) is -0.864. The maximum atomic E-state index is 12.9. The molecule has 0 aromatic carbocycles. The highest BCUT2D eigenvalue weighted by Crippen LogP contribution is 2.17. The molecule has 0 spiro atoms. The molecule has 0 aliphatic rings. The fraction of sp³-hybridized carbons (Fsp3) is 0.855. The van der Waals surface area contributed by atoms with E-state index in [4.69, 9.17) is 14.2 Å². The molecule has 0 radical (unpaired) electrons. The quantitative estimate of drug-likeness (QED) is 0.0262. The van der Waals surface area contributed by atoms with E-state index >= 15 is 0 Å². The minimum absolute atomic E-state index is 0.0714. The second kappa shape index (κ2) is 57.2. The first-order valence-corrected chi connectivity index (χ1v) is 30.0.